The van der Waals surface area contributed by atoms with Gasteiger partial charge in [-0.05, 0) is 35.9 Å². The molecule has 2 aromatic carbocycles. The molecule has 1 aliphatic rings. The predicted molar refractivity (Wildman–Crippen MR) is 109 cm³/mol. The molecule has 1 amide bonds. The number of likely N-dealkylation sites (N-methyl/N-ethyl adjacent to an activating group) is 1. The zero-order chi connectivity index (χ0) is 20.6. The molecule has 0 saturated carbocycles. The maximum atomic E-state index is 13.0. The molecule has 4 rings (SSSR count). The molecule has 1 N–H and O–H groups in total. The number of thiazole rings is 1. The van der Waals surface area contributed by atoms with E-state index in [0.717, 1.165) is 16.9 Å². The number of carbonyl (C=O) groups excluding carboxylic acids is 1. The first-order valence-electron chi connectivity index (χ1n) is 8.55. The minimum atomic E-state index is -3.70. The quantitative estimate of drug-likeness (QED) is 0.667. The fourth-order valence-corrected chi connectivity index (χ4v) is 5.01. The van der Waals surface area contributed by atoms with E-state index < -0.39 is 15.8 Å². The molecular formula is C19H16FN3O4S2. The molecule has 0 spiro atoms. The van der Waals surface area contributed by atoms with Gasteiger partial charge in [0.2, 0.25) is 10.0 Å². The molecule has 29 heavy (non-hydrogen) atoms. The third kappa shape index (κ3) is 4.22. The standard InChI is InChI=1S/C19H16FN3O4S2/c1-23-16-8-13(4-7-17(16)27-9-18(23)24)15-10-28-19(21-15)22-29(25,26)11-12-2-5-14(20)6-3-12/h2-8,10H,9,11H2,1H3,(H,21,22). The largest absolute Gasteiger partial charge is 0.482 e. The fraction of sp³-hybridized carbons (Fsp3) is 0.158. The number of rotatable bonds is 5. The molecule has 0 atom stereocenters. The maximum absolute atomic E-state index is 13.0. The number of fused-ring (bicyclic) bond motifs is 1. The van der Waals surface area contributed by atoms with Crippen molar-refractivity contribution in [1.29, 1.82) is 0 Å². The zero-order valence-electron chi connectivity index (χ0n) is 15.3. The Balaban J connectivity index is 1.53. The Labute approximate surface area is 170 Å². The van der Waals surface area contributed by atoms with E-state index in [0.29, 0.717) is 22.7 Å². The highest BCUT2D eigenvalue weighted by molar-refractivity contribution is 7.92. The zero-order valence-corrected chi connectivity index (χ0v) is 16.9. The van der Waals surface area contributed by atoms with Gasteiger partial charge < -0.3 is 9.64 Å². The molecule has 1 aromatic heterocycles. The summed E-state index contributed by atoms with van der Waals surface area (Å²) in [4.78, 5) is 17.7. The van der Waals surface area contributed by atoms with Gasteiger partial charge in [-0.15, -0.1) is 11.3 Å². The number of benzene rings is 2. The number of amides is 1. The second-order valence-electron chi connectivity index (χ2n) is 6.45. The molecule has 2 heterocycles. The molecule has 3 aromatic rings. The summed E-state index contributed by atoms with van der Waals surface area (Å²) in [6.45, 7) is -0.000465. The molecule has 1 aliphatic heterocycles. The van der Waals surface area contributed by atoms with Gasteiger partial charge in [-0.2, -0.15) is 0 Å². The molecule has 10 heteroatoms. The lowest BCUT2D eigenvalue weighted by molar-refractivity contribution is -0.120. The van der Waals surface area contributed by atoms with Gasteiger partial charge in [0.15, 0.2) is 11.7 Å². The highest BCUT2D eigenvalue weighted by atomic mass is 32.2. The Morgan fingerprint density at radius 2 is 2.00 bits per heavy atom. The molecule has 0 unspecified atom stereocenters. The molecule has 0 radical (unpaired) electrons. The summed E-state index contributed by atoms with van der Waals surface area (Å²) in [6, 6.07) is 10.6. The summed E-state index contributed by atoms with van der Waals surface area (Å²) in [5.41, 5.74) is 2.40. The van der Waals surface area contributed by atoms with Crippen LogP contribution in [0.3, 0.4) is 0 Å². The predicted octanol–water partition coefficient (Wildman–Crippen LogP) is 3.25. The SMILES string of the molecule is CN1C(=O)COc2ccc(-c3csc(NS(=O)(=O)Cc4ccc(F)cc4)n3)cc21. The van der Waals surface area contributed by atoms with E-state index in [-0.39, 0.29) is 23.4 Å². The molecule has 0 fully saturated rings. The average Bonchev–Trinajstić information content (AvgIpc) is 3.14. The van der Waals surface area contributed by atoms with Crippen LogP contribution in [0.2, 0.25) is 0 Å². The van der Waals surface area contributed by atoms with Crippen molar-refractivity contribution in [1.82, 2.24) is 4.98 Å². The van der Waals surface area contributed by atoms with Gasteiger partial charge in [0, 0.05) is 18.0 Å². The number of anilines is 2. The van der Waals surface area contributed by atoms with E-state index >= 15 is 0 Å². The van der Waals surface area contributed by atoms with Crippen LogP contribution in [-0.4, -0.2) is 33.0 Å². The normalized spacial score (nSPS) is 13.7. The van der Waals surface area contributed by atoms with Gasteiger partial charge >= 0.3 is 0 Å². The van der Waals surface area contributed by atoms with Crippen molar-refractivity contribution in [3.8, 4) is 17.0 Å². The summed E-state index contributed by atoms with van der Waals surface area (Å²) in [7, 11) is -2.03. The molecule has 0 saturated heterocycles. The smallest absolute Gasteiger partial charge is 0.264 e. The van der Waals surface area contributed by atoms with Gasteiger partial charge in [-0.25, -0.2) is 17.8 Å². The minimum Gasteiger partial charge on any atom is -0.482 e. The summed E-state index contributed by atoms with van der Waals surface area (Å²) in [5, 5.41) is 1.95. The number of hydrogen-bond donors (Lipinski definition) is 1. The van der Waals surface area contributed by atoms with Crippen LogP contribution < -0.4 is 14.4 Å². The number of aromatic nitrogens is 1. The van der Waals surface area contributed by atoms with Gasteiger partial charge in [0.25, 0.3) is 5.91 Å². The first-order valence-corrected chi connectivity index (χ1v) is 11.1. The number of sulfonamides is 1. The van der Waals surface area contributed by atoms with E-state index in [1.807, 2.05) is 0 Å². The summed E-state index contributed by atoms with van der Waals surface area (Å²) >= 11 is 1.15. The van der Waals surface area contributed by atoms with Crippen LogP contribution in [-0.2, 0) is 20.6 Å². The van der Waals surface area contributed by atoms with Crippen LogP contribution in [0.25, 0.3) is 11.3 Å². The first kappa shape index (κ1) is 19.3. The lowest BCUT2D eigenvalue weighted by atomic mass is 10.1. The van der Waals surface area contributed by atoms with Gasteiger partial charge in [0.05, 0.1) is 17.1 Å². The third-order valence-corrected chi connectivity index (χ3v) is 6.46. The van der Waals surface area contributed by atoms with Crippen molar-refractivity contribution in [2.45, 2.75) is 5.75 Å². The minimum absolute atomic E-state index is 0.000465. The van der Waals surface area contributed by atoms with Crippen LogP contribution >= 0.6 is 11.3 Å². The molecule has 0 bridgehead atoms. The maximum Gasteiger partial charge on any atom is 0.264 e. The van der Waals surface area contributed by atoms with E-state index in [4.69, 9.17) is 4.74 Å². The van der Waals surface area contributed by atoms with Crippen molar-refractivity contribution >= 4 is 38.1 Å². The van der Waals surface area contributed by atoms with Crippen LogP contribution in [0.4, 0.5) is 15.2 Å². The van der Waals surface area contributed by atoms with Crippen molar-refractivity contribution in [3.63, 3.8) is 0 Å². The summed E-state index contributed by atoms with van der Waals surface area (Å²) in [6.07, 6.45) is 0. The van der Waals surface area contributed by atoms with Crippen molar-refractivity contribution in [2.75, 3.05) is 23.3 Å². The van der Waals surface area contributed by atoms with E-state index in [2.05, 4.69) is 9.71 Å². The van der Waals surface area contributed by atoms with Crippen LogP contribution in [0.5, 0.6) is 5.75 Å². The highest BCUT2D eigenvalue weighted by Crippen LogP contribution is 2.36. The Morgan fingerprint density at radius 3 is 2.76 bits per heavy atom. The number of ether oxygens (including phenoxy) is 1. The highest BCUT2D eigenvalue weighted by Gasteiger charge is 2.23. The topological polar surface area (TPSA) is 88.6 Å². The lowest BCUT2D eigenvalue weighted by Crippen LogP contribution is -2.35. The molecule has 150 valence electrons. The number of halogens is 1. The van der Waals surface area contributed by atoms with Gasteiger partial charge in [0.1, 0.15) is 11.6 Å². The summed E-state index contributed by atoms with van der Waals surface area (Å²) in [5.74, 6) is -0.259. The fourth-order valence-electron chi connectivity index (χ4n) is 2.85. The Kier molecular flexibility index (Phi) is 4.97. The Morgan fingerprint density at radius 1 is 1.24 bits per heavy atom. The van der Waals surface area contributed by atoms with Crippen molar-refractivity contribution < 1.29 is 22.3 Å². The number of nitrogens with one attached hydrogen (secondary N) is 1. The van der Waals surface area contributed by atoms with Gasteiger partial charge in [-0.3, -0.25) is 9.52 Å². The van der Waals surface area contributed by atoms with Crippen LogP contribution in [0.1, 0.15) is 5.56 Å². The van der Waals surface area contributed by atoms with E-state index in [1.165, 1.54) is 29.2 Å². The molecular weight excluding hydrogens is 417 g/mol. The third-order valence-electron chi connectivity index (χ3n) is 4.36. The number of nitrogens with zero attached hydrogens (tertiary/aromatic N) is 2. The van der Waals surface area contributed by atoms with Gasteiger partial charge in [-0.1, -0.05) is 12.1 Å². The Bertz CT molecular complexity index is 1180. The lowest BCUT2D eigenvalue weighted by Gasteiger charge is -2.26. The van der Waals surface area contributed by atoms with E-state index in [9.17, 15) is 17.6 Å². The number of carbonyl (C=O) groups is 1. The first-order chi connectivity index (χ1) is 13.8. The van der Waals surface area contributed by atoms with Crippen LogP contribution in [0.15, 0.2) is 47.8 Å². The van der Waals surface area contributed by atoms with Crippen LogP contribution in [0, 0.1) is 5.82 Å². The Hall–Kier alpha value is -2.98. The second kappa shape index (κ2) is 7.45. The molecule has 0 aliphatic carbocycles. The average molecular weight is 433 g/mol. The summed E-state index contributed by atoms with van der Waals surface area (Å²) < 4.78 is 45.6. The van der Waals surface area contributed by atoms with Crippen molar-refractivity contribution in [3.05, 3.63) is 59.2 Å². The molecule has 7 nitrogen and oxygen atoms in total. The number of hydrogen-bond acceptors (Lipinski definition) is 6. The second-order valence-corrected chi connectivity index (χ2v) is 9.03. The van der Waals surface area contributed by atoms with Crippen molar-refractivity contribution in [2.24, 2.45) is 0 Å². The monoisotopic (exact) mass is 433 g/mol. The van der Waals surface area contributed by atoms with E-state index in [1.54, 1.807) is 30.6 Å².